The van der Waals surface area contributed by atoms with E-state index in [2.05, 4.69) is 5.32 Å². The van der Waals surface area contributed by atoms with E-state index >= 15 is 0 Å². The van der Waals surface area contributed by atoms with E-state index in [1.165, 1.54) is 13.8 Å². The number of rotatable bonds is 6. The number of benzene rings is 2. The average molecular weight is 443 g/mol. The van der Waals surface area contributed by atoms with Crippen molar-refractivity contribution in [2.75, 3.05) is 6.54 Å². The summed E-state index contributed by atoms with van der Waals surface area (Å²) in [6, 6.07) is 16.4. The van der Waals surface area contributed by atoms with Gasteiger partial charge in [-0.25, -0.2) is 0 Å². The first kappa shape index (κ1) is 22.8. The zero-order valence-corrected chi connectivity index (χ0v) is 18.5. The van der Waals surface area contributed by atoms with E-state index in [9.17, 15) is 14.4 Å². The van der Waals surface area contributed by atoms with Crippen LogP contribution in [0.25, 0.3) is 0 Å². The summed E-state index contributed by atoms with van der Waals surface area (Å²) in [5.41, 5.74) is 1.68. The van der Waals surface area contributed by atoms with Gasteiger partial charge in [0.1, 0.15) is 0 Å². The normalized spacial score (nSPS) is 19.4. The third-order valence-corrected chi connectivity index (χ3v) is 5.65. The first-order valence-electron chi connectivity index (χ1n) is 10.4. The van der Waals surface area contributed by atoms with Crippen molar-refractivity contribution in [2.45, 2.75) is 51.3 Å². The standard InChI is InChI=1S/C24H27ClN2O4/c1-16(28)26-21-12-13-27(22(15-21)14-18-8-10-20(25)11-9-18)24(30)23(31-17(2)29)19-6-4-3-5-7-19/h3-11,21-23H,12-15H2,1-2H3,(H,26,28)/t21-,22+,23?/m1/s1. The Labute approximate surface area is 187 Å². The van der Waals surface area contributed by atoms with E-state index in [0.717, 1.165) is 5.56 Å². The first-order chi connectivity index (χ1) is 14.8. The molecule has 0 radical (unpaired) electrons. The molecular weight excluding hydrogens is 416 g/mol. The van der Waals surface area contributed by atoms with Crippen LogP contribution in [0.15, 0.2) is 54.6 Å². The average Bonchev–Trinajstić information content (AvgIpc) is 2.73. The number of carbonyl (C=O) groups is 3. The molecule has 2 amide bonds. The molecule has 1 aliphatic heterocycles. The zero-order valence-electron chi connectivity index (χ0n) is 17.7. The lowest BCUT2D eigenvalue weighted by molar-refractivity contribution is -0.161. The zero-order chi connectivity index (χ0) is 22.4. The molecule has 0 aromatic heterocycles. The molecule has 1 aliphatic rings. The minimum atomic E-state index is -0.997. The molecule has 0 saturated carbocycles. The first-order valence-corrected chi connectivity index (χ1v) is 10.8. The minimum Gasteiger partial charge on any atom is -0.447 e. The fourth-order valence-corrected chi connectivity index (χ4v) is 4.18. The largest absolute Gasteiger partial charge is 0.447 e. The van der Waals surface area contributed by atoms with Crippen LogP contribution in [-0.4, -0.2) is 41.3 Å². The van der Waals surface area contributed by atoms with Crippen LogP contribution < -0.4 is 5.32 Å². The number of ether oxygens (including phenoxy) is 1. The Morgan fingerprint density at radius 1 is 1.10 bits per heavy atom. The van der Waals surface area contributed by atoms with Crippen molar-refractivity contribution in [1.82, 2.24) is 10.2 Å². The number of halogens is 1. The van der Waals surface area contributed by atoms with Gasteiger partial charge in [-0.2, -0.15) is 0 Å². The fraction of sp³-hybridized carbons (Fsp3) is 0.375. The van der Waals surface area contributed by atoms with Gasteiger partial charge in [-0.1, -0.05) is 54.1 Å². The molecule has 3 rings (SSSR count). The van der Waals surface area contributed by atoms with Crippen LogP contribution in [0, 0.1) is 0 Å². The van der Waals surface area contributed by atoms with Gasteiger partial charge in [-0.15, -0.1) is 0 Å². The molecule has 31 heavy (non-hydrogen) atoms. The Morgan fingerprint density at radius 2 is 1.77 bits per heavy atom. The predicted molar refractivity (Wildman–Crippen MR) is 118 cm³/mol. The maximum absolute atomic E-state index is 13.6. The molecule has 2 aromatic rings. The van der Waals surface area contributed by atoms with Gasteiger partial charge in [-0.05, 0) is 37.0 Å². The van der Waals surface area contributed by atoms with Gasteiger partial charge >= 0.3 is 5.97 Å². The van der Waals surface area contributed by atoms with Crippen LogP contribution in [0.5, 0.6) is 0 Å². The highest BCUT2D eigenvalue weighted by Gasteiger charge is 2.37. The van der Waals surface area contributed by atoms with Crippen molar-refractivity contribution in [1.29, 1.82) is 0 Å². The summed E-state index contributed by atoms with van der Waals surface area (Å²) < 4.78 is 5.44. The van der Waals surface area contributed by atoms with Crippen LogP contribution in [-0.2, 0) is 25.5 Å². The van der Waals surface area contributed by atoms with Gasteiger partial charge in [0.05, 0.1) is 0 Å². The molecule has 1 fully saturated rings. The molecule has 164 valence electrons. The summed E-state index contributed by atoms with van der Waals surface area (Å²) >= 11 is 6.01. The van der Waals surface area contributed by atoms with Crippen LogP contribution in [0.1, 0.15) is 43.9 Å². The summed E-state index contributed by atoms with van der Waals surface area (Å²) in [7, 11) is 0. The number of hydrogen-bond acceptors (Lipinski definition) is 4. The predicted octanol–water partition coefficient (Wildman–Crippen LogP) is 3.68. The van der Waals surface area contributed by atoms with Crippen molar-refractivity contribution in [3.63, 3.8) is 0 Å². The van der Waals surface area contributed by atoms with Crippen LogP contribution in [0.3, 0.4) is 0 Å². The van der Waals surface area contributed by atoms with Gasteiger partial charge in [0.15, 0.2) is 0 Å². The number of nitrogens with zero attached hydrogens (tertiary/aromatic N) is 1. The highest BCUT2D eigenvalue weighted by atomic mass is 35.5. The molecule has 1 saturated heterocycles. The van der Waals surface area contributed by atoms with Crippen LogP contribution in [0.2, 0.25) is 5.02 Å². The van der Waals surface area contributed by atoms with E-state index < -0.39 is 12.1 Å². The lowest BCUT2D eigenvalue weighted by atomic mass is 9.91. The fourth-order valence-electron chi connectivity index (χ4n) is 4.05. The minimum absolute atomic E-state index is 0.0113. The number of nitrogens with one attached hydrogen (secondary N) is 1. The summed E-state index contributed by atoms with van der Waals surface area (Å²) in [4.78, 5) is 38.7. The van der Waals surface area contributed by atoms with Gasteiger partial charge < -0.3 is 15.0 Å². The highest BCUT2D eigenvalue weighted by Crippen LogP contribution is 2.28. The Balaban J connectivity index is 1.86. The van der Waals surface area contributed by atoms with Crippen molar-refractivity contribution in [3.05, 3.63) is 70.7 Å². The quantitative estimate of drug-likeness (QED) is 0.692. The lowest BCUT2D eigenvalue weighted by Crippen LogP contribution is -2.53. The van der Waals surface area contributed by atoms with Crippen molar-refractivity contribution < 1.29 is 19.1 Å². The lowest BCUT2D eigenvalue weighted by Gasteiger charge is -2.41. The summed E-state index contributed by atoms with van der Waals surface area (Å²) in [5.74, 6) is -0.844. The molecular formula is C24H27ClN2O4. The Morgan fingerprint density at radius 3 is 2.39 bits per heavy atom. The van der Waals surface area contributed by atoms with Crippen LogP contribution >= 0.6 is 11.6 Å². The molecule has 0 spiro atoms. The van der Waals surface area contributed by atoms with Crippen LogP contribution in [0.4, 0.5) is 0 Å². The van der Waals surface area contributed by atoms with Gasteiger partial charge in [-0.3, -0.25) is 14.4 Å². The van der Waals surface area contributed by atoms with Gasteiger partial charge in [0.2, 0.25) is 12.0 Å². The molecule has 6 nitrogen and oxygen atoms in total. The number of amides is 2. The Hall–Kier alpha value is -2.86. The number of hydrogen-bond donors (Lipinski definition) is 1. The number of piperidine rings is 1. The van der Waals surface area contributed by atoms with E-state index in [0.29, 0.717) is 36.4 Å². The molecule has 3 atom stereocenters. The van der Waals surface area contributed by atoms with Gasteiger partial charge in [0, 0.05) is 43.1 Å². The maximum atomic E-state index is 13.6. The number of likely N-dealkylation sites (tertiary alicyclic amines) is 1. The summed E-state index contributed by atoms with van der Waals surface area (Å²) in [6.07, 6.45) is 0.879. The smallest absolute Gasteiger partial charge is 0.303 e. The molecule has 2 aromatic carbocycles. The Kier molecular flexibility index (Phi) is 7.69. The highest BCUT2D eigenvalue weighted by molar-refractivity contribution is 6.30. The molecule has 0 aliphatic carbocycles. The van der Waals surface area contributed by atoms with Crippen molar-refractivity contribution in [2.24, 2.45) is 0 Å². The molecule has 1 N–H and O–H groups in total. The Bertz CT molecular complexity index is 917. The van der Waals surface area contributed by atoms with Crippen molar-refractivity contribution in [3.8, 4) is 0 Å². The van der Waals surface area contributed by atoms with E-state index in [4.69, 9.17) is 16.3 Å². The second-order valence-electron chi connectivity index (χ2n) is 7.84. The van der Waals surface area contributed by atoms with E-state index in [1.54, 1.807) is 17.0 Å². The topological polar surface area (TPSA) is 75.7 Å². The maximum Gasteiger partial charge on any atom is 0.303 e. The molecule has 0 bridgehead atoms. The second-order valence-corrected chi connectivity index (χ2v) is 8.27. The number of esters is 1. The summed E-state index contributed by atoms with van der Waals surface area (Å²) in [6.45, 7) is 3.27. The summed E-state index contributed by atoms with van der Waals surface area (Å²) in [5, 5.41) is 3.62. The monoisotopic (exact) mass is 442 g/mol. The van der Waals surface area contributed by atoms with E-state index in [-0.39, 0.29) is 23.9 Å². The second kappa shape index (κ2) is 10.4. The molecule has 7 heteroatoms. The SMILES string of the molecule is CC(=O)N[C@@H]1CCN(C(=O)C(OC(C)=O)c2ccccc2)[C@@H](Cc2ccc(Cl)cc2)C1. The molecule has 1 heterocycles. The third kappa shape index (κ3) is 6.31. The third-order valence-electron chi connectivity index (χ3n) is 5.40. The molecule has 1 unspecified atom stereocenters. The van der Waals surface area contributed by atoms with Crippen molar-refractivity contribution >= 4 is 29.4 Å². The van der Waals surface area contributed by atoms with Gasteiger partial charge in [0.25, 0.3) is 5.91 Å². The van der Waals surface area contributed by atoms with E-state index in [1.807, 2.05) is 42.5 Å². The number of carbonyl (C=O) groups excluding carboxylic acids is 3.